The molecular formula is C14H9Br2N3O2. The molecule has 0 saturated heterocycles. The second kappa shape index (κ2) is 5.16. The molecule has 0 aliphatic rings. The molecule has 3 aromatic rings. The van der Waals surface area contributed by atoms with Crippen molar-refractivity contribution in [1.82, 2.24) is 9.97 Å². The summed E-state index contributed by atoms with van der Waals surface area (Å²) < 4.78 is 1.26. The summed E-state index contributed by atoms with van der Waals surface area (Å²) in [6.07, 6.45) is 0. The lowest BCUT2D eigenvalue weighted by atomic mass is 10.0. The number of fused-ring (bicyclic) bond motifs is 1. The Morgan fingerprint density at radius 2 is 1.57 bits per heavy atom. The SMILES string of the molecule is Nc1ccc(Br)c(C(=O)c2cc3[nH]c(=O)[nH]c3cc2Br)c1. The van der Waals surface area contributed by atoms with Gasteiger partial charge in [0.2, 0.25) is 0 Å². The van der Waals surface area contributed by atoms with Gasteiger partial charge in [-0.05, 0) is 46.3 Å². The third kappa shape index (κ3) is 2.54. The monoisotopic (exact) mass is 409 g/mol. The van der Waals surface area contributed by atoms with Crippen molar-refractivity contribution in [2.24, 2.45) is 0 Å². The van der Waals surface area contributed by atoms with Crippen LogP contribution in [0.1, 0.15) is 15.9 Å². The number of nitrogens with two attached hydrogens (primary N) is 1. The van der Waals surface area contributed by atoms with Crippen LogP contribution in [-0.2, 0) is 0 Å². The summed E-state index contributed by atoms with van der Waals surface area (Å²) in [6, 6.07) is 8.38. The number of nitrogens with one attached hydrogen (secondary N) is 2. The van der Waals surface area contributed by atoms with Crippen LogP contribution in [0.4, 0.5) is 5.69 Å². The summed E-state index contributed by atoms with van der Waals surface area (Å²) in [7, 11) is 0. The van der Waals surface area contributed by atoms with E-state index in [-0.39, 0.29) is 11.5 Å². The highest BCUT2D eigenvalue weighted by atomic mass is 79.9. The van der Waals surface area contributed by atoms with Crippen LogP contribution in [0.5, 0.6) is 0 Å². The average Bonchev–Trinajstić information content (AvgIpc) is 2.79. The second-order valence-corrected chi connectivity index (χ2v) is 6.23. The molecule has 5 nitrogen and oxygen atoms in total. The number of nitrogen functional groups attached to an aromatic ring is 1. The van der Waals surface area contributed by atoms with Crippen molar-refractivity contribution >= 4 is 54.4 Å². The number of carbonyl (C=O) groups excluding carboxylic acids is 1. The molecule has 106 valence electrons. The number of halogens is 2. The van der Waals surface area contributed by atoms with Crippen molar-refractivity contribution in [3.05, 3.63) is 60.9 Å². The minimum absolute atomic E-state index is 0.190. The molecule has 0 radical (unpaired) electrons. The van der Waals surface area contributed by atoms with Crippen molar-refractivity contribution in [3.63, 3.8) is 0 Å². The number of H-pyrrole nitrogens is 2. The van der Waals surface area contributed by atoms with Gasteiger partial charge in [-0.25, -0.2) is 4.79 Å². The fourth-order valence-corrected chi connectivity index (χ4v) is 3.04. The molecule has 0 aliphatic heterocycles. The zero-order valence-electron chi connectivity index (χ0n) is 10.5. The third-order valence-electron chi connectivity index (χ3n) is 3.08. The van der Waals surface area contributed by atoms with Gasteiger partial charge in [0.25, 0.3) is 0 Å². The zero-order valence-corrected chi connectivity index (χ0v) is 13.7. The van der Waals surface area contributed by atoms with E-state index in [0.717, 1.165) is 0 Å². The van der Waals surface area contributed by atoms with Gasteiger partial charge >= 0.3 is 5.69 Å². The number of anilines is 1. The van der Waals surface area contributed by atoms with Gasteiger partial charge in [-0.2, -0.15) is 0 Å². The van der Waals surface area contributed by atoms with Crippen molar-refractivity contribution < 1.29 is 4.79 Å². The highest BCUT2D eigenvalue weighted by Crippen LogP contribution is 2.28. The Hall–Kier alpha value is -1.86. The molecule has 1 aromatic heterocycles. The minimum Gasteiger partial charge on any atom is -0.399 e. The van der Waals surface area contributed by atoms with E-state index in [1.807, 2.05) is 0 Å². The van der Waals surface area contributed by atoms with E-state index >= 15 is 0 Å². The Labute approximate surface area is 135 Å². The number of hydrogen-bond donors (Lipinski definition) is 3. The Kier molecular flexibility index (Phi) is 3.46. The molecule has 0 unspecified atom stereocenters. The topological polar surface area (TPSA) is 91.7 Å². The van der Waals surface area contributed by atoms with Crippen molar-refractivity contribution in [3.8, 4) is 0 Å². The largest absolute Gasteiger partial charge is 0.399 e. The normalized spacial score (nSPS) is 11.0. The summed E-state index contributed by atoms with van der Waals surface area (Å²) in [6.45, 7) is 0. The molecule has 2 aromatic carbocycles. The lowest BCUT2D eigenvalue weighted by Gasteiger charge is -2.07. The van der Waals surface area contributed by atoms with E-state index < -0.39 is 0 Å². The van der Waals surface area contributed by atoms with Gasteiger partial charge in [-0.3, -0.25) is 4.79 Å². The number of hydrogen-bond acceptors (Lipinski definition) is 3. The highest BCUT2D eigenvalue weighted by Gasteiger charge is 2.17. The lowest BCUT2D eigenvalue weighted by Crippen LogP contribution is -2.04. The molecule has 0 saturated carbocycles. The number of rotatable bonds is 2. The molecule has 21 heavy (non-hydrogen) atoms. The Morgan fingerprint density at radius 3 is 2.29 bits per heavy atom. The first kappa shape index (κ1) is 14.1. The van der Waals surface area contributed by atoms with Gasteiger partial charge in [-0.15, -0.1) is 0 Å². The smallest absolute Gasteiger partial charge is 0.323 e. The van der Waals surface area contributed by atoms with Gasteiger partial charge in [0.05, 0.1) is 11.0 Å². The van der Waals surface area contributed by atoms with Crippen LogP contribution in [0.25, 0.3) is 11.0 Å². The fourth-order valence-electron chi connectivity index (χ4n) is 2.09. The zero-order chi connectivity index (χ0) is 15.1. The van der Waals surface area contributed by atoms with Gasteiger partial charge in [0.15, 0.2) is 5.78 Å². The van der Waals surface area contributed by atoms with Crippen LogP contribution in [0.2, 0.25) is 0 Å². The van der Waals surface area contributed by atoms with E-state index in [0.29, 0.717) is 36.8 Å². The first-order chi connectivity index (χ1) is 9.95. The first-order valence-corrected chi connectivity index (χ1v) is 7.55. The number of aromatic amines is 2. The van der Waals surface area contributed by atoms with Crippen molar-refractivity contribution in [2.45, 2.75) is 0 Å². The number of imidazole rings is 1. The molecule has 0 bridgehead atoms. The van der Waals surface area contributed by atoms with Gasteiger partial charge in [0.1, 0.15) is 0 Å². The Bertz CT molecular complexity index is 928. The summed E-state index contributed by atoms with van der Waals surface area (Å²) in [5.41, 5.74) is 8.06. The second-order valence-electron chi connectivity index (χ2n) is 4.53. The summed E-state index contributed by atoms with van der Waals surface area (Å²) in [5, 5.41) is 0. The number of ketones is 1. The standard InChI is InChI=1S/C14H9Br2N3O2/c15-9-2-1-6(17)3-7(9)13(20)8-4-11-12(5-10(8)16)19-14(21)18-11/h1-5H,17H2,(H2,18,19,21). The van der Waals surface area contributed by atoms with Gasteiger partial charge < -0.3 is 15.7 Å². The quantitative estimate of drug-likeness (QED) is 0.447. The number of benzene rings is 2. The van der Waals surface area contributed by atoms with Crippen molar-refractivity contribution in [1.29, 1.82) is 0 Å². The van der Waals surface area contributed by atoms with Crippen LogP contribution >= 0.6 is 31.9 Å². The summed E-state index contributed by atoms with van der Waals surface area (Å²) >= 11 is 6.72. The minimum atomic E-state index is -0.313. The molecule has 1 heterocycles. The molecule has 0 fully saturated rings. The number of aromatic nitrogens is 2. The van der Waals surface area contributed by atoms with Gasteiger partial charge in [-0.1, -0.05) is 15.9 Å². The van der Waals surface area contributed by atoms with Crippen LogP contribution in [0.3, 0.4) is 0 Å². The van der Waals surface area contributed by atoms with E-state index in [4.69, 9.17) is 5.73 Å². The maximum absolute atomic E-state index is 12.7. The lowest BCUT2D eigenvalue weighted by molar-refractivity contribution is 0.103. The molecule has 0 amide bonds. The van der Waals surface area contributed by atoms with Crippen LogP contribution in [0.15, 0.2) is 44.1 Å². The van der Waals surface area contributed by atoms with Crippen LogP contribution in [0, 0.1) is 0 Å². The fraction of sp³-hybridized carbons (Fsp3) is 0. The van der Waals surface area contributed by atoms with Crippen LogP contribution in [-0.4, -0.2) is 15.8 Å². The Morgan fingerprint density at radius 1 is 0.952 bits per heavy atom. The molecule has 0 spiro atoms. The molecule has 3 rings (SSSR count). The molecule has 7 heteroatoms. The van der Waals surface area contributed by atoms with Crippen LogP contribution < -0.4 is 11.4 Å². The maximum atomic E-state index is 12.7. The summed E-state index contributed by atoms with van der Waals surface area (Å²) in [5.74, 6) is -0.190. The van der Waals surface area contributed by atoms with E-state index in [9.17, 15) is 9.59 Å². The third-order valence-corrected chi connectivity index (χ3v) is 4.43. The Balaban J connectivity index is 2.19. The average molecular weight is 411 g/mol. The van der Waals surface area contributed by atoms with Crippen molar-refractivity contribution in [2.75, 3.05) is 5.73 Å². The maximum Gasteiger partial charge on any atom is 0.323 e. The summed E-state index contributed by atoms with van der Waals surface area (Å²) in [4.78, 5) is 29.3. The highest BCUT2D eigenvalue weighted by molar-refractivity contribution is 9.11. The molecule has 0 atom stereocenters. The number of carbonyl (C=O) groups is 1. The molecular weight excluding hydrogens is 402 g/mol. The molecule has 0 aliphatic carbocycles. The van der Waals surface area contributed by atoms with E-state index in [2.05, 4.69) is 41.8 Å². The predicted octanol–water partition coefficient (Wildman–Crippen LogP) is 3.19. The molecule has 4 N–H and O–H groups in total. The van der Waals surface area contributed by atoms with E-state index in [1.165, 1.54) is 0 Å². The first-order valence-electron chi connectivity index (χ1n) is 5.97. The van der Waals surface area contributed by atoms with E-state index in [1.54, 1.807) is 30.3 Å². The van der Waals surface area contributed by atoms with Gasteiger partial charge in [0, 0.05) is 25.8 Å². The predicted molar refractivity (Wildman–Crippen MR) is 88.6 cm³/mol.